The monoisotopic (exact) mass is 425 g/mol. The molecule has 0 N–H and O–H groups in total. The maximum atomic E-state index is 13.0. The van der Waals surface area contributed by atoms with E-state index in [2.05, 4.69) is 0 Å². The van der Waals surface area contributed by atoms with E-state index in [0.29, 0.717) is 5.56 Å². The van der Waals surface area contributed by atoms with E-state index in [4.69, 9.17) is 4.74 Å². The molecule has 0 atom stereocenters. The van der Waals surface area contributed by atoms with E-state index in [1.54, 1.807) is 30.3 Å². The predicted molar refractivity (Wildman–Crippen MR) is 106 cm³/mol. The summed E-state index contributed by atoms with van der Waals surface area (Å²) >= 11 is 0. The Hall–Kier alpha value is -3.85. The second kappa shape index (κ2) is 8.66. The van der Waals surface area contributed by atoms with E-state index in [-0.39, 0.29) is 21.0 Å². The lowest BCUT2D eigenvalue weighted by atomic mass is 10.1. The van der Waals surface area contributed by atoms with Crippen molar-refractivity contribution in [1.82, 2.24) is 0 Å². The van der Waals surface area contributed by atoms with Crippen LogP contribution in [0.4, 0.5) is 5.69 Å². The van der Waals surface area contributed by atoms with Crippen LogP contribution in [0.3, 0.4) is 0 Å². The number of Topliss-reactive ketones (excluding diaryl/α,β-unsaturated/α-hetero) is 1. The lowest BCUT2D eigenvalue weighted by Crippen LogP contribution is -2.17. The van der Waals surface area contributed by atoms with E-state index < -0.39 is 33.1 Å². The molecule has 3 aromatic rings. The number of sulfone groups is 1. The van der Waals surface area contributed by atoms with Gasteiger partial charge < -0.3 is 4.74 Å². The van der Waals surface area contributed by atoms with Gasteiger partial charge in [0, 0.05) is 17.7 Å². The summed E-state index contributed by atoms with van der Waals surface area (Å²) in [7, 11) is -4.16. The normalized spacial score (nSPS) is 10.9. The minimum atomic E-state index is -4.16. The number of ether oxygens (including phenoxy) is 1. The average Bonchev–Trinajstić information content (AvgIpc) is 2.77. The number of non-ortho nitro benzene ring substituents is 1. The highest BCUT2D eigenvalue weighted by Gasteiger charge is 2.26. The van der Waals surface area contributed by atoms with Gasteiger partial charge in [-0.05, 0) is 24.3 Å². The third-order valence-electron chi connectivity index (χ3n) is 4.18. The zero-order valence-electron chi connectivity index (χ0n) is 15.4. The average molecular weight is 425 g/mol. The lowest BCUT2D eigenvalue weighted by molar-refractivity contribution is -0.384. The zero-order valence-corrected chi connectivity index (χ0v) is 16.2. The molecule has 152 valence electrons. The van der Waals surface area contributed by atoms with Gasteiger partial charge in [-0.2, -0.15) is 0 Å². The van der Waals surface area contributed by atoms with Crippen LogP contribution in [-0.2, 0) is 14.6 Å². The number of hydrogen-bond acceptors (Lipinski definition) is 7. The molecule has 3 rings (SSSR count). The SMILES string of the molecule is O=C(COC(=O)c1ccccc1S(=O)(=O)c1ccc([N+](=O)[O-])cc1)c1ccccc1. The van der Waals surface area contributed by atoms with Crippen molar-refractivity contribution in [3.63, 3.8) is 0 Å². The molecular formula is C21H15NO7S. The molecule has 0 radical (unpaired) electrons. The first kappa shape index (κ1) is 20.9. The van der Waals surface area contributed by atoms with Gasteiger partial charge in [0.2, 0.25) is 9.84 Å². The van der Waals surface area contributed by atoms with Crippen molar-refractivity contribution in [1.29, 1.82) is 0 Å². The number of nitrogens with zero attached hydrogens (tertiary/aromatic N) is 1. The first-order valence-electron chi connectivity index (χ1n) is 8.64. The van der Waals surface area contributed by atoms with E-state index in [1.807, 2.05) is 0 Å². The fourth-order valence-corrected chi connectivity index (χ4v) is 4.11. The van der Waals surface area contributed by atoms with Gasteiger partial charge in [-0.3, -0.25) is 14.9 Å². The number of nitro benzene ring substituents is 1. The summed E-state index contributed by atoms with van der Waals surface area (Å²) in [6.45, 7) is -0.547. The minimum absolute atomic E-state index is 0.214. The predicted octanol–water partition coefficient (Wildman–Crippen LogP) is 3.47. The van der Waals surface area contributed by atoms with Crippen molar-refractivity contribution in [3.8, 4) is 0 Å². The molecule has 0 spiro atoms. The molecule has 0 heterocycles. The lowest BCUT2D eigenvalue weighted by Gasteiger charge is -2.10. The highest BCUT2D eigenvalue weighted by atomic mass is 32.2. The van der Waals surface area contributed by atoms with Crippen LogP contribution in [0.15, 0.2) is 88.7 Å². The summed E-state index contributed by atoms with van der Waals surface area (Å²) in [6, 6.07) is 17.9. The summed E-state index contributed by atoms with van der Waals surface area (Å²) in [5, 5.41) is 10.8. The highest BCUT2D eigenvalue weighted by Crippen LogP contribution is 2.26. The summed E-state index contributed by atoms with van der Waals surface area (Å²) in [5.74, 6) is -1.40. The molecule has 0 aliphatic carbocycles. The molecule has 0 aromatic heterocycles. The van der Waals surface area contributed by atoms with Crippen LogP contribution in [0.1, 0.15) is 20.7 Å². The number of hydrogen-bond donors (Lipinski definition) is 0. The van der Waals surface area contributed by atoms with Gasteiger partial charge in [-0.25, -0.2) is 13.2 Å². The van der Waals surface area contributed by atoms with Crippen molar-refractivity contribution in [3.05, 3.63) is 100 Å². The van der Waals surface area contributed by atoms with E-state index in [9.17, 15) is 28.1 Å². The largest absolute Gasteiger partial charge is 0.454 e. The second-order valence-corrected chi connectivity index (χ2v) is 8.03. The molecule has 30 heavy (non-hydrogen) atoms. The number of rotatable bonds is 7. The van der Waals surface area contributed by atoms with Gasteiger partial charge in [0.25, 0.3) is 5.69 Å². The van der Waals surface area contributed by atoms with Crippen molar-refractivity contribution in [2.24, 2.45) is 0 Å². The molecule has 0 bridgehead atoms. The molecule has 0 saturated carbocycles. The van der Waals surface area contributed by atoms with Gasteiger partial charge in [-0.15, -0.1) is 0 Å². The number of benzene rings is 3. The van der Waals surface area contributed by atoms with Gasteiger partial charge in [0.15, 0.2) is 12.4 Å². The van der Waals surface area contributed by atoms with Gasteiger partial charge >= 0.3 is 5.97 Å². The molecule has 0 aliphatic heterocycles. The molecule has 0 saturated heterocycles. The van der Waals surface area contributed by atoms with Crippen LogP contribution in [0.5, 0.6) is 0 Å². The molecule has 9 heteroatoms. The van der Waals surface area contributed by atoms with Crippen LogP contribution < -0.4 is 0 Å². The summed E-state index contributed by atoms with van der Waals surface area (Å²) in [6.07, 6.45) is 0. The van der Waals surface area contributed by atoms with E-state index >= 15 is 0 Å². The molecule has 0 fully saturated rings. The van der Waals surface area contributed by atoms with Gasteiger partial charge in [0.05, 0.1) is 20.3 Å². The van der Waals surface area contributed by atoms with Gasteiger partial charge in [-0.1, -0.05) is 42.5 Å². The van der Waals surface area contributed by atoms with Crippen molar-refractivity contribution in [2.75, 3.05) is 6.61 Å². The molecule has 8 nitrogen and oxygen atoms in total. The van der Waals surface area contributed by atoms with Crippen LogP contribution in [0, 0.1) is 10.1 Å². The third-order valence-corrected chi connectivity index (χ3v) is 6.01. The Morgan fingerprint density at radius 2 is 1.47 bits per heavy atom. The fourth-order valence-electron chi connectivity index (χ4n) is 2.66. The standard InChI is InChI=1S/C21H15NO7S/c23-19(15-6-2-1-3-7-15)14-29-21(24)18-8-4-5-9-20(18)30(27,28)17-12-10-16(11-13-17)22(25)26/h1-13H,14H2. The third kappa shape index (κ3) is 4.41. The number of esters is 1. The molecule has 0 aliphatic rings. The molecule has 0 unspecified atom stereocenters. The second-order valence-electron chi connectivity index (χ2n) is 6.12. The molecule has 0 amide bonds. The first-order chi connectivity index (χ1) is 14.3. The van der Waals surface area contributed by atoms with Crippen LogP contribution >= 0.6 is 0 Å². The molecule has 3 aromatic carbocycles. The van der Waals surface area contributed by atoms with Crippen LogP contribution in [0.2, 0.25) is 0 Å². The summed E-state index contributed by atoms with van der Waals surface area (Å²) in [5.41, 5.74) is -0.144. The number of nitro groups is 1. The fraction of sp³-hybridized carbons (Fsp3) is 0.0476. The summed E-state index contributed by atoms with van der Waals surface area (Å²) in [4.78, 5) is 34.2. The first-order valence-corrected chi connectivity index (χ1v) is 10.1. The van der Waals surface area contributed by atoms with Crippen molar-refractivity contribution in [2.45, 2.75) is 9.79 Å². The van der Waals surface area contributed by atoms with Crippen molar-refractivity contribution >= 4 is 27.3 Å². The Kier molecular flexibility index (Phi) is 6.03. The van der Waals surface area contributed by atoms with E-state index in [1.165, 1.54) is 24.3 Å². The Balaban J connectivity index is 1.85. The minimum Gasteiger partial charge on any atom is -0.454 e. The van der Waals surface area contributed by atoms with Crippen LogP contribution in [0.25, 0.3) is 0 Å². The summed E-state index contributed by atoms with van der Waals surface area (Å²) < 4.78 is 30.9. The Labute approximate surface area is 171 Å². The number of carbonyl (C=O) groups is 2. The Morgan fingerprint density at radius 1 is 0.867 bits per heavy atom. The maximum Gasteiger partial charge on any atom is 0.339 e. The van der Waals surface area contributed by atoms with Crippen LogP contribution in [-0.4, -0.2) is 31.7 Å². The van der Waals surface area contributed by atoms with Gasteiger partial charge in [0.1, 0.15) is 0 Å². The highest BCUT2D eigenvalue weighted by molar-refractivity contribution is 7.91. The Morgan fingerprint density at radius 3 is 2.10 bits per heavy atom. The number of carbonyl (C=O) groups excluding carboxylic acids is 2. The topological polar surface area (TPSA) is 121 Å². The van der Waals surface area contributed by atoms with E-state index in [0.717, 1.165) is 24.3 Å². The Bertz CT molecular complexity index is 1200. The number of ketones is 1. The zero-order chi connectivity index (χ0) is 21.7. The smallest absolute Gasteiger partial charge is 0.339 e. The quantitative estimate of drug-likeness (QED) is 0.246. The maximum absolute atomic E-state index is 13.0. The van der Waals surface area contributed by atoms with Crippen molar-refractivity contribution < 1.29 is 27.7 Å². The molecular weight excluding hydrogens is 410 g/mol.